The summed E-state index contributed by atoms with van der Waals surface area (Å²) >= 11 is 2.96. The van der Waals surface area contributed by atoms with Crippen molar-refractivity contribution < 1.29 is 14.3 Å². The summed E-state index contributed by atoms with van der Waals surface area (Å²) in [7, 11) is 0. The summed E-state index contributed by atoms with van der Waals surface area (Å²) in [4.78, 5) is 29.4. The number of benzene rings is 1. The summed E-state index contributed by atoms with van der Waals surface area (Å²) < 4.78 is 14.3. The number of nitrogens with two attached hydrogens (primary N) is 1. The van der Waals surface area contributed by atoms with Gasteiger partial charge in [0, 0.05) is 28.7 Å². The molecule has 0 radical (unpaired) electrons. The molecule has 0 spiro atoms. The van der Waals surface area contributed by atoms with Crippen molar-refractivity contribution in [2.45, 2.75) is 25.0 Å². The lowest BCUT2D eigenvalue weighted by atomic mass is 9.87. The lowest BCUT2D eigenvalue weighted by Gasteiger charge is -2.34. The largest absolute Gasteiger partial charge is 0.391 e. The molecule has 2 aliphatic rings. The first-order valence-corrected chi connectivity index (χ1v) is 12.9. The minimum Gasteiger partial charge on any atom is -0.391 e. The van der Waals surface area contributed by atoms with Gasteiger partial charge in [-0.2, -0.15) is 0 Å². The van der Waals surface area contributed by atoms with Crippen molar-refractivity contribution in [1.82, 2.24) is 15.3 Å². The van der Waals surface area contributed by atoms with E-state index < -0.39 is 17.0 Å². The van der Waals surface area contributed by atoms with Crippen LogP contribution in [0.1, 0.15) is 34.8 Å². The van der Waals surface area contributed by atoms with Crippen LogP contribution in [0.4, 0.5) is 15.3 Å². The number of carbonyl (C=O) groups is 1. The van der Waals surface area contributed by atoms with E-state index in [0.29, 0.717) is 40.5 Å². The Bertz CT molecular complexity index is 1290. The average molecular weight is 513 g/mol. The molecule has 4 heterocycles. The molecule has 0 saturated carbocycles. The van der Waals surface area contributed by atoms with Gasteiger partial charge in [0.1, 0.15) is 16.8 Å². The van der Waals surface area contributed by atoms with Crippen LogP contribution in [0.3, 0.4) is 0 Å². The molecule has 1 aromatic carbocycles. The first-order valence-electron chi connectivity index (χ1n) is 11.1. The molecule has 182 valence electrons. The van der Waals surface area contributed by atoms with Crippen LogP contribution in [0.2, 0.25) is 0 Å². The molecule has 4 N–H and O–H groups in total. The number of nitrogens with zero attached hydrogens (tertiary/aromatic N) is 4. The van der Waals surface area contributed by atoms with Gasteiger partial charge in [-0.3, -0.25) is 4.79 Å². The van der Waals surface area contributed by atoms with Crippen molar-refractivity contribution in [3.63, 3.8) is 0 Å². The number of anilines is 2. The van der Waals surface area contributed by atoms with E-state index in [1.165, 1.54) is 36.9 Å². The van der Waals surface area contributed by atoms with Crippen LogP contribution >= 0.6 is 23.1 Å². The number of carbonyl (C=O) groups excluding carboxylic acids is 1. The lowest BCUT2D eigenvalue weighted by molar-refractivity contribution is 0.0693. The molecule has 0 unspecified atom stereocenters. The number of nitrogen functional groups attached to an aromatic ring is 1. The van der Waals surface area contributed by atoms with E-state index in [2.05, 4.69) is 15.3 Å². The fourth-order valence-corrected chi connectivity index (χ4v) is 6.56. The second-order valence-electron chi connectivity index (χ2n) is 9.18. The van der Waals surface area contributed by atoms with Crippen molar-refractivity contribution in [3.05, 3.63) is 70.6 Å². The van der Waals surface area contributed by atoms with Gasteiger partial charge < -0.3 is 21.1 Å². The van der Waals surface area contributed by atoms with Crippen molar-refractivity contribution in [2.24, 2.45) is 10.9 Å². The quantitative estimate of drug-likeness (QED) is 0.491. The molecular weight excluding hydrogens is 487 g/mol. The number of aromatic nitrogens is 2. The molecular formula is C24H25FN6O2S2. The molecule has 2 atom stereocenters. The van der Waals surface area contributed by atoms with Gasteiger partial charge in [0.05, 0.1) is 17.7 Å². The molecule has 0 bridgehead atoms. The standard InChI is InChI=1S/C24H25FN6O2S2/c1-23(2,33)19-16(25)10-27-21(28-19)31-11-15-12-34-22(29-20(32)14-6-4-3-5-7-14)30-24(15,13-31)17-8-9-18(26)35-17/h3-10,15,33H,11-13,26H2,1-2H3,(H,29,30,32)/t15-,24-/m0/s1. The predicted octanol–water partition coefficient (Wildman–Crippen LogP) is 3.35. The number of fused-ring (bicyclic) bond motifs is 1. The Labute approximate surface area is 210 Å². The number of amidine groups is 1. The van der Waals surface area contributed by atoms with Crippen LogP contribution in [0, 0.1) is 11.7 Å². The van der Waals surface area contributed by atoms with Crippen molar-refractivity contribution >= 4 is 45.1 Å². The number of thiophene rings is 1. The number of thioether (sulfide) groups is 1. The Hall–Kier alpha value is -3.02. The molecule has 1 amide bonds. The summed E-state index contributed by atoms with van der Waals surface area (Å²) in [6.07, 6.45) is 1.09. The third kappa shape index (κ3) is 4.51. The number of aliphatic imine (C=N–C) groups is 1. The molecule has 0 aliphatic carbocycles. The topological polar surface area (TPSA) is 117 Å². The maximum absolute atomic E-state index is 14.3. The minimum atomic E-state index is -1.45. The van der Waals surface area contributed by atoms with Gasteiger partial charge in [-0.25, -0.2) is 19.4 Å². The van der Waals surface area contributed by atoms with Gasteiger partial charge in [0.25, 0.3) is 5.91 Å². The van der Waals surface area contributed by atoms with E-state index in [9.17, 15) is 14.3 Å². The molecule has 1 saturated heterocycles. The number of aliphatic hydroxyl groups is 1. The predicted molar refractivity (Wildman–Crippen MR) is 137 cm³/mol. The Morgan fingerprint density at radius 3 is 2.74 bits per heavy atom. The zero-order chi connectivity index (χ0) is 24.8. The van der Waals surface area contributed by atoms with Crippen LogP contribution in [0.25, 0.3) is 0 Å². The fourth-order valence-electron chi connectivity index (χ4n) is 4.45. The van der Waals surface area contributed by atoms with Gasteiger partial charge >= 0.3 is 0 Å². The first kappa shape index (κ1) is 23.7. The molecule has 2 aliphatic heterocycles. The van der Waals surface area contributed by atoms with Crippen LogP contribution in [-0.2, 0) is 11.1 Å². The third-order valence-electron chi connectivity index (χ3n) is 6.17. The van der Waals surface area contributed by atoms with Gasteiger partial charge in [0.15, 0.2) is 11.0 Å². The molecule has 35 heavy (non-hydrogen) atoms. The normalized spacial score (nSPS) is 22.0. The second kappa shape index (κ2) is 8.89. The van der Waals surface area contributed by atoms with E-state index in [4.69, 9.17) is 10.7 Å². The summed E-state index contributed by atoms with van der Waals surface area (Å²) in [6, 6.07) is 12.8. The molecule has 1 fully saturated rings. The number of hydrogen-bond donors (Lipinski definition) is 3. The minimum absolute atomic E-state index is 0.0551. The first-order chi connectivity index (χ1) is 16.7. The van der Waals surface area contributed by atoms with Crippen LogP contribution in [0.5, 0.6) is 0 Å². The molecule has 2 aromatic heterocycles. The smallest absolute Gasteiger partial charge is 0.257 e. The second-order valence-corrected chi connectivity index (χ2v) is 11.3. The monoisotopic (exact) mass is 512 g/mol. The van der Waals surface area contributed by atoms with Crippen LogP contribution in [0.15, 0.2) is 53.7 Å². The highest BCUT2D eigenvalue weighted by Gasteiger charge is 2.52. The Balaban J connectivity index is 1.50. The van der Waals surface area contributed by atoms with Gasteiger partial charge in [-0.15, -0.1) is 11.3 Å². The number of rotatable bonds is 4. The highest BCUT2D eigenvalue weighted by molar-refractivity contribution is 8.13. The zero-order valence-corrected chi connectivity index (χ0v) is 20.9. The van der Waals surface area contributed by atoms with Crippen molar-refractivity contribution in [1.29, 1.82) is 0 Å². The Kier molecular flexibility index (Phi) is 6.02. The number of nitrogens with one attached hydrogen (secondary N) is 1. The maximum atomic E-state index is 14.3. The van der Waals surface area contributed by atoms with E-state index in [1.807, 2.05) is 35.2 Å². The van der Waals surface area contributed by atoms with Gasteiger partial charge in [-0.1, -0.05) is 30.0 Å². The molecule has 3 aromatic rings. The average Bonchev–Trinajstić information content (AvgIpc) is 3.43. The Morgan fingerprint density at radius 1 is 1.29 bits per heavy atom. The molecule has 8 nitrogen and oxygen atoms in total. The van der Waals surface area contributed by atoms with E-state index in [-0.39, 0.29) is 17.5 Å². The summed E-state index contributed by atoms with van der Waals surface area (Å²) in [6.45, 7) is 4.00. The third-order valence-corrected chi connectivity index (χ3v) is 8.29. The van der Waals surface area contributed by atoms with Crippen molar-refractivity contribution in [3.8, 4) is 0 Å². The summed E-state index contributed by atoms with van der Waals surface area (Å²) in [5, 5.41) is 14.5. The molecule has 5 rings (SSSR count). The van der Waals surface area contributed by atoms with E-state index >= 15 is 0 Å². The van der Waals surface area contributed by atoms with Gasteiger partial charge in [-0.05, 0) is 38.1 Å². The van der Waals surface area contributed by atoms with Gasteiger partial charge in [0.2, 0.25) is 5.95 Å². The fraction of sp³-hybridized carbons (Fsp3) is 0.333. The van der Waals surface area contributed by atoms with E-state index in [0.717, 1.165) is 11.1 Å². The highest BCUT2D eigenvalue weighted by Crippen LogP contribution is 2.48. The number of hydrogen-bond acceptors (Lipinski definition) is 9. The number of halogens is 1. The van der Waals surface area contributed by atoms with Crippen molar-refractivity contribution in [2.75, 3.05) is 29.5 Å². The summed E-state index contributed by atoms with van der Waals surface area (Å²) in [5.41, 5.74) is 4.46. The number of amides is 1. The summed E-state index contributed by atoms with van der Waals surface area (Å²) in [5.74, 6) is 0.252. The van der Waals surface area contributed by atoms with E-state index in [1.54, 1.807) is 12.1 Å². The molecule has 11 heteroatoms. The SMILES string of the molecule is CC(C)(O)c1nc(N2C[C@H]3CSC(NC(=O)c4ccccc4)=N[C@@]3(c3ccc(N)s3)C2)ncc1F. The Morgan fingerprint density at radius 2 is 2.06 bits per heavy atom. The van der Waals surface area contributed by atoms with Crippen LogP contribution in [-0.4, -0.2) is 45.0 Å². The van der Waals surface area contributed by atoms with Crippen LogP contribution < -0.4 is 16.0 Å². The lowest BCUT2D eigenvalue weighted by Crippen LogP contribution is -2.42. The zero-order valence-electron chi connectivity index (χ0n) is 19.2. The maximum Gasteiger partial charge on any atom is 0.257 e. The highest BCUT2D eigenvalue weighted by atomic mass is 32.2.